The van der Waals surface area contributed by atoms with Crippen LogP contribution in [0.25, 0.3) is 0 Å². The van der Waals surface area contributed by atoms with Gasteiger partial charge in [0, 0.05) is 0 Å². The van der Waals surface area contributed by atoms with Crippen molar-refractivity contribution in [2.24, 2.45) is 0 Å². The van der Waals surface area contributed by atoms with Crippen LogP contribution in [0.15, 0.2) is 0 Å². The minimum absolute atomic E-state index is 0.0672. The Morgan fingerprint density at radius 3 is 2.33 bits per heavy atom. The summed E-state index contributed by atoms with van der Waals surface area (Å²) in [6.45, 7) is 2.72. The predicted octanol–water partition coefficient (Wildman–Crippen LogP) is 0.0392. The number of carboxylic acid groups (broad SMARTS) is 1. The molecule has 0 rings (SSSR count). The number of rotatable bonds is 5. The van der Waals surface area contributed by atoms with Crippen LogP contribution in [0.2, 0.25) is 0 Å². The minimum Gasteiger partial charge on any atom is -0.479 e. The Bertz CT molecular complexity index is 163. The molecule has 0 amide bonds. The van der Waals surface area contributed by atoms with Crippen LogP contribution in [0.1, 0.15) is 13.8 Å². The lowest BCUT2D eigenvalue weighted by Crippen LogP contribution is -2.19. The second-order valence-electron chi connectivity index (χ2n) is 2.41. The van der Waals surface area contributed by atoms with E-state index in [-0.39, 0.29) is 12.7 Å². The van der Waals surface area contributed by atoms with Gasteiger partial charge in [-0.1, -0.05) is 0 Å². The van der Waals surface area contributed by atoms with Crippen molar-refractivity contribution < 1.29 is 24.2 Å². The van der Waals surface area contributed by atoms with Gasteiger partial charge in [-0.25, -0.2) is 9.59 Å². The van der Waals surface area contributed by atoms with Crippen molar-refractivity contribution in [3.8, 4) is 0 Å². The van der Waals surface area contributed by atoms with E-state index in [1.54, 1.807) is 13.8 Å². The average molecular weight is 176 g/mol. The van der Waals surface area contributed by atoms with E-state index in [2.05, 4.69) is 4.74 Å². The molecule has 0 atom stereocenters. The van der Waals surface area contributed by atoms with Gasteiger partial charge in [0.25, 0.3) is 0 Å². The molecule has 0 unspecified atom stereocenters. The molecule has 0 saturated heterocycles. The van der Waals surface area contributed by atoms with Crippen LogP contribution in [0.4, 0.5) is 0 Å². The topological polar surface area (TPSA) is 72.8 Å². The molecule has 0 heterocycles. The van der Waals surface area contributed by atoms with Crippen molar-refractivity contribution in [3.63, 3.8) is 0 Å². The average Bonchev–Trinajstić information content (AvgIpc) is 1.96. The SMILES string of the molecule is CC(C)OCC(=O)OCC(=O)O. The molecule has 0 aliphatic carbocycles. The summed E-state index contributed by atoms with van der Waals surface area (Å²) in [5.41, 5.74) is 0. The zero-order chi connectivity index (χ0) is 9.56. The first-order valence-corrected chi connectivity index (χ1v) is 3.51. The molecule has 0 spiro atoms. The summed E-state index contributed by atoms with van der Waals surface area (Å²) in [5.74, 6) is -1.83. The maximum Gasteiger partial charge on any atom is 0.341 e. The highest BCUT2D eigenvalue weighted by Crippen LogP contribution is 1.88. The van der Waals surface area contributed by atoms with E-state index in [0.717, 1.165) is 0 Å². The first kappa shape index (κ1) is 10.9. The van der Waals surface area contributed by atoms with E-state index in [1.165, 1.54) is 0 Å². The molecule has 0 radical (unpaired) electrons. The fraction of sp³-hybridized carbons (Fsp3) is 0.714. The van der Waals surface area contributed by atoms with Gasteiger partial charge >= 0.3 is 11.9 Å². The zero-order valence-electron chi connectivity index (χ0n) is 7.07. The van der Waals surface area contributed by atoms with E-state index in [0.29, 0.717) is 0 Å². The number of hydrogen-bond donors (Lipinski definition) is 1. The van der Waals surface area contributed by atoms with Crippen LogP contribution in [-0.4, -0.2) is 36.4 Å². The van der Waals surface area contributed by atoms with Gasteiger partial charge < -0.3 is 14.6 Å². The summed E-state index contributed by atoms with van der Waals surface area (Å²) >= 11 is 0. The maximum absolute atomic E-state index is 10.6. The first-order chi connectivity index (χ1) is 5.52. The number of carboxylic acids is 1. The van der Waals surface area contributed by atoms with Gasteiger partial charge in [-0.3, -0.25) is 0 Å². The molecular weight excluding hydrogens is 164 g/mol. The van der Waals surface area contributed by atoms with Crippen LogP contribution in [-0.2, 0) is 19.1 Å². The summed E-state index contributed by atoms with van der Waals surface area (Å²) in [7, 11) is 0. The molecule has 0 aliphatic heterocycles. The minimum atomic E-state index is -1.17. The Labute approximate surface area is 70.3 Å². The van der Waals surface area contributed by atoms with E-state index in [4.69, 9.17) is 9.84 Å². The molecule has 70 valence electrons. The van der Waals surface area contributed by atoms with Gasteiger partial charge in [-0.15, -0.1) is 0 Å². The number of esters is 1. The van der Waals surface area contributed by atoms with Crippen LogP contribution in [0, 0.1) is 0 Å². The molecule has 5 heteroatoms. The zero-order valence-corrected chi connectivity index (χ0v) is 7.07. The number of ether oxygens (including phenoxy) is 2. The van der Waals surface area contributed by atoms with Crippen LogP contribution in [0.3, 0.4) is 0 Å². The van der Waals surface area contributed by atoms with Gasteiger partial charge in [-0.2, -0.15) is 0 Å². The van der Waals surface area contributed by atoms with Gasteiger partial charge in [0.2, 0.25) is 0 Å². The van der Waals surface area contributed by atoms with Crippen molar-refractivity contribution >= 4 is 11.9 Å². The maximum atomic E-state index is 10.6. The number of carbonyl (C=O) groups excluding carboxylic acids is 1. The smallest absolute Gasteiger partial charge is 0.341 e. The molecule has 0 aromatic heterocycles. The molecule has 0 aromatic rings. The number of aliphatic carboxylic acids is 1. The van der Waals surface area contributed by atoms with Crippen molar-refractivity contribution in [1.29, 1.82) is 0 Å². The Morgan fingerprint density at radius 2 is 1.92 bits per heavy atom. The standard InChI is InChI=1S/C7H12O5/c1-5(2)11-4-7(10)12-3-6(8)9/h5H,3-4H2,1-2H3,(H,8,9). The molecule has 5 nitrogen and oxygen atoms in total. The highest BCUT2D eigenvalue weighted by atomic mass is 16.6. The highest BCUT2D eigenvalue weighted by molar-refractivity contribution is 5.75. The quantitative estimate of drug-likeness (QED) is 0.598. The Morgan fingerprint density at radius 1 is 1.33 bits per heavy atom. The fourth-order valence-electron chi connectivity index (χ4n) is 0.419. The van der Waals surface area contributed by atoms with Crippen LogP contribution in [0.5, 0.6) is 0 Å². The molecular formula is C7H12O5. The Kier molecular flexibility index (Phi) is 5.03. The van der Waals surface area contributed by atoms with E-state index < -0.39 is 18.5 Å². The van der Waals surface area contributed by atoms with E-state index >= 15 is 0 Å². The van der Waals surface area contributed by atoms with E-state index in [9.17, 15) is 9.59 Å². The lowest BCUT2D eigenvalue weighted by molar-refractivity contribution is -0.159. The normalized spacial score (nSPS) is 9.92. The largest absolute Gasteiger partial charge is 0.479 e. The van der Waals surface area contributed by atoms with Crippen molar-refractivity contribution in [2.75, 3.05) is 13.2 Å². The highest BCUT2D eigenvalue weighted by Gasteiger charge is 2.06. The molecule has 12 heavy (non-hydrogen) atoms. The van der Waals surface area contributed by atoms with Crippen molar-refractivity contribution in [3.05, 3.63) is 0 Å². The van der Waals surface area contributed by atoms with Gasteiger partial charge in [-0.05, 0) is 13.8 Å². The van der Waals surface area contributed by atoms with Crippen LogP contribution < -0.4 is 0 Å². The third-order valence-corrected chi connectivity index (χ3v) is 0.891. The van der Waals surface area contributed by atoms with Gasteiger partial charge in [0.15, 0.2) is 6.61 Å². The molecule has 0 aromatic carbocycles. The Hall–Kier alpha value is -1.10. The van der Waals surface area contributed by atoms with Crippen LogP contribution >= 0.6 is 0 Å². The summed E-state index contributed by atoms with van der Waals surface area (Å²) in [6.07, 6.45) is -0.0672. The van der Waals surface area contributed by atoms with Crippen molar-refractivity contribution in [2.45, 2.75) is 20.0 Å². The predicted molar refractivity (Wildman–Crippen MR) is 39.7 cm³/mol. The lowest BCUT2D eigenvalue weighted by atomic mass is 10.5. The third-order valence-electron chi connectivity index (χ3n) is 0.891. The molecule has 0 aliphatic rings. The van der Waals surface area contributed by atoms with Crippen molar-refractivity contribution in [1.82, 2.24) is 0 Å². The summed E-state index contributed by atoms with van der Waals surface area (Å²) < 4.78 is 9.16. The first-order valence-electron chi connectivity index (χ1n) is 3.51. The second-order valence-corrected chi connectivity index (χ2v) is 2.41. The molecule has 0 fully saturated rings. The summed E-state index contributed by atoms with van der Waals surface area (Å²) in [5, 5.41) is 8.12. The Balaban J connectivity index is 3.40. The third kappa shape index (κ3) is 7.01. The molecule has 0 bridgehead atoms. The van der Waals surface area contributed by atoms with Gasteiger partial charge in [0.1, 0.15) is 6.61 Å². The number of hydrogen-bond acceptors (Lipinski definition) is 4. The monoisotopic (exact) mass is 176 g/mol. The summed E-state index contributed by atoms with van der Waals surface area (Å²) in [4.78, 5) is 20.6. The molecule has 0 saturated carbocycles. The fourth-order valence-corrected chi connectivity index (χ4v) is 0.419. The summed E-state index contributed by atoms with van der Waals surface area (Å²) in [6, 6.07) is 0. The second kappa shape index (κ2) is 5.54. The lowest BCUT2D eigenvalue weighted by Gasteiger charge is -2.05. The van der Waals surface area contributed by atoms with Gasteiger partial charge in [0.05, 0.1) is 6.10 Å². The van der Waals surface area contributed by atoms with E-state index in [1.807, 2.05) is 0 Å². The number of carbonyl (C=O) groups is 2. The molecule has 1 N–H and O–H groups in total.